The summed E-state index contributed by atoms with van der Waals surface area (Å²) in [4.78, 5) is 4.21. The van der Waals surface area contributed by atoms with Gasteiger partial charge in [-0.25, -0.2) is 4.98 Å². The van der Waals surface area contributed by atoms with Crippen molar-refractivity contribution in [2.24, 2.45) is 0 Å². The van der Waals surface area contributed by atoms with Gasteiger partial charge >= 0.3 is 0 Å². The second-order valence-corrected chi connectivity index (χ2v) is 4.14. The summed E-state index contributed by atoms with van der Waals surface area (Å²) < 4.78 is 11.8. The number of nitrogens with one attached hydrogen (secondary N) is 1. The number of rotatable bonds is 3. The lowest BCUT2D eigenvalue weighted by molar-refractivity contribution is -0.0819. The Hall–Kier alpha value is -0.650. The Morgan fingerprint density at radius 1 is 1.53 bits per heavy atom. The second-order valence-electron chi connectivity index (χ2n) is 3.28. The third-order valence-corrected chi connectivity index (χ3v) is 2.78. The van der Waals surface area contributed by atoms with Gasteiger partial charge in [-0.3, -0.25) is 0 Å². The van der Waals surface area contributed by atoms with E-state index in [9.17, 15) is 0 Å². The zero-order valence-corrected chi connectivity index (χ0v) is 9.87. The van der Waals surface area contributed by atoms with Crippen molar-refractivity contribution in [2.45, 2.75) is 6.10 Å². The van der Waals surface area contributed by atoms with E-state index >= 15 is 0 Å². The molecule has 1 aliphatic heterocycles. The zero-order valence-electron chi connectivity index (χ0n) is 8.28. The summed E-state index contributed by atoms with van der Waals surface area (Å²) in [5, 5.41) is 3.22. The minimum atomic E-state index is 0.118. The highest BCUT2D eigenvalue weighted by Crippen LogP contribution is 2.18. The van der Waals surface area contributed by atoms with E-state index in [0.29, 0.717) is 19.8 Å². The lowest BCUT2D eigenvalue weighted by Crippen LogP contribution is -2.34. The van der Waals surface area contributed by atoms with Crippen LogP contribution in [0, 0.1) is 0 Å². The number of halogens is 1. The van der Waals surface area contributed by atoms with Crippen LogP contribution in [0.15, 0.2) is 22.8 Å². The highest BCUT2D eigenvalue weighted by Gasteiger charge is 2.14. The third kappa shape index (κ3) is 3.15. The molecule has 1 N–H and O–H groups in total. The lowest BCUT2D eigenvalue weighted by atomic mass is 10.3. The molecule has 0 spiro atoms. The zero-order chi connectivity index (χ0) is 10.5. The van der Waals surface area contributed by atoms with E-state index in [1.165, 1.54) is 0 Å². The molecule has 82 valence electrons. The quantitative estimate of drug-likeness (QED) is 0.909. The van der Waals surface area contributed by atoms with Gasteiger partial charge in [0, 0.05) is 12.7 Å². The Morgan fingerprint density at radius 2 is 2.47 bits per heavy atom. The highest BCUT2D eigenvalue weighted by atomic mass is 79.9. The van der Waals surface area contributed by atoms with Crippen molar-refractivity contribution >= 4 is 21.7 Å². The molecule has 2 rings (SSSR count). The number of aromatic nitrogens is 1. The van der Waals surface area contributed by atoms with Gasteiger partial charge in [-0.05, 0) is 28.1 Å². The molecule has 1 unspecified atom stereocenters. The number of hydrogen-bond donors (Lipinski definition) is 1. The minimum Gasteiger partial charge on any atom is -0.376 e. The molecule has 15 heavy (non-hydrogen) atoms. The van der Waals surface area contributed by atoms with Crippen molar-refractivity contribution in [2.75, 3.05) is 31.7 Å². The summed E-state index contributed by atoms with van der Waals surface area (Å²) >= 11 is 3.42. The topological polar surface area (TPSA) is 43.4 Å². The number of anilines is 1. The molecule has 0 aliphatic carbocycles. The van der Waals surface area contributed by atoms with Crippen LogP contribution in [0.2, 0.25) is 0 Å². The maximum atomic E-state index is 5.51. The maximum absolute atomic E-state index is 5.51. The van der Waals surface area contributed by atoms with Crippen molar-refractivity contribution in [3.63, 3.8) is 0 Å². The van der Waals surface area contributed by atoms with Crippen LogP contribution < -0.4 is 5.32 Å². The molecule has 1 aliphatic rings. The second kappa shape index (κ2) is 5.44. The fourth-order valence-electron chi connectivity index (χ4n) is 1.38. The first-order valence-corrected chi connectivity index (χ1v) is 5.69. The Kier molecular flexibility index (Phi) is 3.94. The monoisotopic (exact) mass is 272 g/mol. The molecule has 2 heterocycles. The van der Waals surface area contributed by atoms with Crippen LogP contribution in [0.1, 0.15) is 0 Å². The van der Waals surface area contributed by atoms with Crippen LogP contribution in [0.5, 0.6) is 0 Å². The average molecular weight is 273 g/mol. The van der Waals surface area contributed by atoms with E-state index in [0.717, 1.165) is 16.8 Å². The van der Waals surface area contributed by atoms with Gasteiger partial charge in [-0.15, -0.1) is 0 Å². The fourth-order valence-corrected chi connectivity index (χ4v) is 1.78. The smallest absolute Gasteiger partial charge is 0.140 e. The highest BCUT2D eigenvalue weighted by molar-refractivity contribution is 9.10. The first kappa shape index (κ1) is 10.9. The normalized spacial score (nSPS) is 21.3. The Labute approximate surface area is 97.1 Å². The molecule has 1 atom stereocenters. The third-order valence-electron chi connectivity index (χ3n) is 2.14. The summed E-state index contributed by atoms with van der Waals surface area (Å²) in [6.07, 6.45) is 1.87. The summed E-state index contributed by atoms with van der Waals surface area (Å²) in [7, 11) is 0. The van der Waals surface area contributed by atoms with E-state index in [1.807, 2.05) is 12.1 Å². The van der Waals surface area contributed by atoms with Crippen molar-refractivity contribution in [3.8, 4) is 0 Å². The van der Waals surface area contributed by atoms with Gasteiger partial charge < -0.3 is 14.8 Å². The fraction of sp³-hybridized carbons (Fsp3) is 0.500. The van der Waals surface area contributed by atoms with Crippen LogP contribution in [-0.2, 0) is 9.47 Å². The van der Waals surface area contributed by atoms with Gasteiger partial charge in [-0.2, -0.15) is 0 Å². The Balaban J connectivity index is 1.84. The van der Waals surface area contributed by atoms with Crippen molar-refractivity contribution in [1.82, 2.24) is 4.98 Å². The lowest BCUT2D eigenvalue weighted by Gasteiger charge is -2.23. The predicted octanol–water partition coefficient (Wildman–Crippen LogP) is 1.67. The van der Waals surface area contributed by atoms with E-state index in [2.05, 4.69) is 26.2 Å². The molecule has 0 saturated carbocycles. The van der Waals surface area contributed by atoms with Crippen LogP contribution in [0.3, 0.4) is 0 Å². The summed E-state index contributed by atoms with van der Waals surface area (Å²) in [5.74, 6) is 0.840. The molecule has 1 fully saturated rings. The molecule has 1 saturated heterocycles. The predicted molar refractivity (Wildman–Crippen MR) is 61.0 cm³/mol. The first-order valence-electron chi connectivity index (χ1n) is 4.90. The van der Waals surface area contributed by atoms with Gasteiger partial charge in [-0.1, -0.05) is 0 Å². The van der Waals surface area contributed by atoms with Gasteiger partial charge in [0.1, 0.15) is 5.82 Å². The summed E-state index contributed by atoms with van der Waals surface area (Å²) in [5.41, 5.74) is 0. The molecule has 0 aromatic carbocycles. The van der Waals surface area contributed by atoms with Gasteiger partial charge in [0.15, 0.2) is 0 Å². The molecule has 5 heteroatoms. The van der Waals surface area contributed by atoms with Gasteiger partial charge in [0.05, 0.1) is 30.4 Å². The van der Waals surface area contributed by atoms with Crippen molar-refractivity contribution in [1.29, 1.82) is 0 Å². The molecular formula is C10H13BrN2O2. The average Bonchev–Trinajstić information content (AvgIpc) is 2.29. The van der Waals surface area contributed by atoms with E-state index in [4.69, 9.17) is 9.47 Å². The molecule has 0 bridgehead atoms. The van der Waals surface area contributed by atoms with E-state index in [1.54, 1.807) is 6.20 Å². The first-order chi connectivity index (χ1) is 7.36. The number of ether oxygens (including phenoxy) is 2. The van der Waals surface area contributed by atoms with Gasteiger partial charge in [0.2, 0.25) is 0 Å². The number of nitrogens with zero attached hydrogens (tertiary/aromatic N) is 1. The van der Waals surface area contributed by atoms with Crippen LogP contribution in [0.4, 0.5) is 5.82 Å². The maximum Gasteiger partial charge on any atom is 0.140 e. The van der Waals surface area contributed by atoms with E-state index < -0.39 is 0 Å². The van der Waals surface area contributed by atoms with Crippen molar-refractivity contribution < 1.29 is 9.47 Å². The largest absolute Gasteiger partial charge is 0.376 e. The summed E-state index contributed by atoms with van der Waals surface area (Å²) in [6.45, 7) is 2.74. The minimum absolute atomic E-state index is 0.118. The van der Waals surface area contributed by atoms with Crippen LogP contribution in [-0.4, -0.2) is 37.5 Å². The van der Waals surface area contributed by atoms with Crippen molar-refractivity contribution in [3.05, 3.63) is 22.8 Å². The Bertz CT molecular complexity index is 316. The van der Waals surface area contributed by atoms with Crippen LogP contribution in [0.25, 0.3) is 0 Å². The number of pyridine rings is 1. The SMILES string of the molecule is Brc1cccnc1NCC1COCCO1. The summed E-state index contributed by atoms with van der Waals surface area (Å²) in [6, 6.07) is 3.84. The molecule has 4 nitrogen and oxygen atoms in total. The van der Waals surface area contributed by atoms with E-state index in [-0.39, 0.29) is 6.10 Å². The molecule has 1 aromatic rings. The molecule has 0 radical (unpaired) electrons. The number of hydrogen-bond acceptors (Lipinski definition) is 4. The Morgan fingerprint density at radius 3 is 3.20 bits per heavy atom. The van der Waals surface area contributed by atoms with Gasteiger partial charge in [0.25, 0.3) is 0 Å². The standard InChI is InChI=1S/C10H13BrN2O2/c11-9-2-1-3-12-10(9)13-6-8-7-14-4-5-15-8/h1-3,8H,4-7H2,(H,12,13). The molecular weight excluding hydrogens is 260 g/mol. The molecule has 1 aromatic heterocycles. The van der Waals surface area contributed by atoms with Crippen LogP contribution >= 0.6 is 15.9 Å². The molecule has 0 amide bonds.